The maximum absolute atomic E-state index is 12.3. The number of halogens is 1. The summed E-state index contributed by atoms with van der Waals surface area (Å²) in [5, 5.41) is 7.18. The number of hydrogen-bond donors (Lipinski definition) is 2. The van der Waals surface area contributed by atoms with Gasteiger partial charge in [-0.25, -0.2) is 0 Å². The molecule has 0 radical (unpaired) electrons. The number of hydrogen-bond acceptors (Lipinski definition) is 3. The van der Waals surface area contributed by atoms with Crippen molar-refractivity contribution in [2.45, 2.75) is 32.9 Å². The summed E-state index contributed by atoms with van der Waals surface area (Å²) >= 11 is 9.52. The van der Waals surface area contributed by atoms with Crippen LogP contribution in [0, 0.1) is 12.8 Å². The molecule has 2 N–H and O–H groups in total. The van der Waals surface area contributed by atoms with Gasteiger partial charge in [-0.1, -0.05) is 41.9 Å². The lowest BCUT2D eigenvalue weighted by atomic mass is 10.00. The van der Waals surface area contributed by atoms with Crippen molar-refractivity contribution in [3.63, 3.8) is 0 Å². The Hall–Kier alpha value is -3.49. The number of amides is 1. The molecule has 6 nitrogen and oxygen atoms in total. The van der Waals surface area contributed by atoms with Gasteiger partial charge >= 0.3 is 0 Å². The zero-order chi connectivity index (χ0) is 26.1. The Balaban J connectivity index is 1.60. The SMILES string of the molecule is Cc1cc(N2C(=S)N[C@@H](c3ccccn3)[C@@H]2c2cccn2-c2cccc(Br)c2)ccc1NC(=O)C(C)C. The van der Waals surface area contributed by atoms with E-state index in [1.807, 2.05) is 69.4 Å². The highest BCUT2D eigenvalue weighted by atomic mass is 79.9. The molecule has 1 saturated heterocycles. The molecular weight excluding hydrogens is 546 g/mol. The van der Waals surface area contributed by atoms with Crippen LogP contribution in [0.3, 0.4) is 0 Å². The highest BCUT2D eigenvalue weighted by molar-refractivity contribution is 9.10. The van der Waals surface area contributed by atoms with E-state index in [-0.39, 0.29) is 23.9 Å². The number of aromatic nitrogens is 2. The van der Waals surface area contributed by atoms with Gasteiger partial charge in [-0.05, 0) is 85.4 Å². The highest BCUT2D eigenvalue weighted by Gasteiger charge is 2.42. The number of benzene rings is 2. The van der Waals surface area contributed by atoms with Gasteiger partial charge in [0.25, 0.3) is 0 Å². The molecule has 1 aliphatic rings. The number of carbonyl (C=O) groups excluding carboxylic acids is 1. The Bertz CT molecular complexity index is 1450. The number of nitrogens with zero attached hydrogens (tertiary/aromatic N) is 3. The Kier molecular flexibility index (Phi) is 7.13. The Morgan fingerprint density at radius 3 is 2.59 bits per heavy atom. The van der Waals surface area contributed by atoms with E-state index in [1.54, 1.807) is 0 Å². The van der Waals surface area contributed by atoms with Crippen LogP contribution in [0.1, 0.15) is 42.9 Å². The van der Waals surface area contributed by atoms with Crippen molar-refractivity contribution < 1.29 is 4.79 Å². The molecule has 8 heteroatoms. The third kappa shape index (κ3) is 5.04. The molecular formula is C29H28BrN5OS. The van der Waals surface area contributed by atoms with E-state index >= 15 is 0 Å². The summed E-state index contributed by atoms with van der Waals surface area (Å²) in [4.78, 5) is 19.1. The molecule has 0 unspecified atom stereocenters. The number of anilines is 2. The van der Waals surface area contributed by atoms with Crippen LogP contribution in [-0.4, -0.2) is 20.6 Å². The summed E-state index contributed by atoms with van der Waals surface area (Å²) in [5.74, 6) is -0.0992. The van der Waals surface area contributed by atoms with Gasteiger partial charge in [-0.3, -0.25) is 9.78 Å². The van der Waals surface area contributed by atoms with Gasteiger partial charge < -0.3 is 20.1 Å². The molecule has 4 aromatic rings. The number of aryl methyl sites for hydroxylation is 1. The molecule has 2 aromatic heterocycles. The standard InChI is InChI=1S/C29H28BrN5OS/c1-18(2)28(36)32-23-13-12-22(16-19(23)3)35-27(26(33-29(35)37)24-10-4-5-14-31-24)25-11-7-15-34(25)21-9-6-8-20(30)17-21/h4-18,26-27H,1-3H3,(H,32,36)(H,33,37)/t26-,27-/m0/s1. The summed E-state index contributed by atoms with van der Waals surface area (Å²) in [6, 6.07) is 24.1. The molecule has 188 valence electrons. The molecule has 1 aliphatic heterocycles. The van der Waals surface area contributed by atoms with Crippen molar-refractivity contribution in [3.8, 4) is 5.69 Å². The molecule has 0 bridgehead atoms. The van der Waals surface area contributed by atoms with E-state index in [1.165, 1.54) is 0 Å². The Labute approximate surface area is 230 Å². The fourth-order valence-corrected chi connectivity index (χ4v) is 5.38. The van der Waals surface area contributed by atoms with Crippen LogP contribution in [0.15, 0.2) is 89.7 Å². The molecule has 0 saturated carbocycles. The highest BCUT2D eigenvalue weighted by Crippen LogP contribution is 2.43. The van der Waals surface area contributed by atoms with Gasteiger partial charge in [-0.15, -0.1) is 0 Å². The number of rotatable bonds is 6. The molecule has 5 rings (SSSR count). The van der Waals surface area contributed by atoms with Crippen LogP contribution >= 0.6 is 28.1 Å². The minimum atomic E-state index is -0.160. The molecule has 1 amide bonds. The number of thiocarbonyl (C=S) groups is 1. The second kappa shape index (κ2) is 10.5. The zero-order valence-electron chi connectivity index (χ0n) is 20.9. The maximum atomic E-state index is 12.3. The lowest BCUT2D eigenvalue weighted by Crippen LogP contribution is -2.30. The lowest BCUT2D eigenvalue weighted by Gasteiger charge is -2.29. The third-order valence-electron chi connectivity index (χ3n) is 6.54. The summed E-state index contributed by atoms with van der Waals surface area (Å²) in [5.41, 5.74) is 5.76. The van der Waals surface area contributed by atoms with Crippen molar-refractivity contribution in [1.82, 2.24) is 14.9 Å². The van der Waals surface area contributed by atoms with Gasteiger partial charge in [0.1, 0.15) is 6.04 Å². The fraction of sp³-hybridized carbons (Fsp3) is 0.207. The summed E-state index contributed by atoms with van der Waals surface area (Å²) in [7, 11) is 0. The first kappa shape index (κ1) is 25.2. The average molecular weight is 575 g/mol. The first-order valence-electron chi connectivity index (χ1n) is 12.2. The van der Waals surface area contributed by atoms with E-state index in [0.717, 1.165) is 38.5 Å². The second-order valence-electron chi connectivity index (χ2n) is 9.42. The fourth-order valence-electron chi connectivity index (χ4n) is 4.64. The quantitative estimate of drug-likeness (QED) is 0.251. The lowest BCUT2D eigenvalue weighted by molar-refractivity contribution is -0.118. The normalized spacial score (nSPS) is 17.2. The molecule has 37 heavy (non-hydrogen) atoms. The predicted molar refractivity (Wildman–Crippen MR) is 156 cm³/mol. The van der Waals surface area contributed by atoms with E-state index < -0.39 is 0 Å². The Morgan fingerprint density at radius 2 is 1.89 bits per heavy atom. The van der Waals surface area contributed by atoms with E-state index in [0.29, 0.717) is 5.11 Å². The zero-order valence-corrected chi connectivity index (χ0v) is 23.3. The minimum Gasteiger partial charge on any atom is -0.351 e. The van der Waals surface area contributed by atoms with Gasteiger partial charge in [0.15, 0.2) is 5.11 Å². The summed E-state index contributed by atoms with van der Waals surface area (Å²) in [6.07, 6.45) is 3.88. The Morgan fingerprint density at radius 1 is 1.05 bits per heavy atom. The first-order valence-corrected chi connectivity index (χ1v) is 13.4. The molecule has 3 heterocycles. The maximum Gasteiger partial charge on any atom is 0.226 e. The molecule has 2 aromatic carbocycles. The minimum absolute atomic E-state index is 0.00541. The van der Waals surface area contributed by atoms with Gasteiger partial charge in [-0.2, -0.15) is 0 Å². The van der Waals surface area contributed by atoms with Gasteiger partial charge in [0, 0.05) is 45.5 Å². The largest absolute Gasteiger partial charge is 0.351 e. The first-order chi connectivity index (χ1) is 17.8. The van der Waals surface area contributed by atoms with Crippen molar-refractivity contribution >= 4 is 50.5 Å². The molecule has 0 aliphatic carbocycles. The van der Waals surface area contributed by atoms with Crippen molar-refractivity contribution in [1.29, 1.82) is 0 Å². The van der Waals surface area contributed by atoms with Crippen LogP contribution in [-0.2, 0) is 4.79 Å². The van der Waals surface area contributed by atoms with Crippen molar-refractivity contribution in [2.75, 3.05) is 10.2 Å². The predicted octanol–water partition coefficient (Wildman–Crippen LogP) is 6.71. The third-order valence-corrected chi connectivity index (χ3v) is 7.35. The van der Waals surface area contributed by atoms with E-state index in [2.05, 4.69) is 77.5 Å². The van der Waals surface area contributed by atoms with Crippen LogP contribution in [0.2, 0.25) is 0 Å². The van der Waals surface area contributed by atoms with E-state index in [4.69, 9.17) is 12.2 Å². The average Bonchev–Trinajstić information content (AvgIpc) is 3.50. The van der Waals surface area contributed by atoms with Crippen LogP contribution in [0.5, 0.6) is 0 Å². The number of nitrogens with one attached hydrogen (secondary N) is 2. The van der Waals surface area contributed by atoms with Crippen LogP contribution in [0.4, 0.5) is 11.4 Å². The topological polar surface area (TPSA) is 62.2 Å². The monoisotopic (exact) mass is 573 g/mol. The van der Waals surface area contributed by atoms with Gasteiger partial charge in [0.05, 0.1) is 11.7 Å². The summed E-state index contributed by atoms with van der Waals surface area (Å²) < 4.78 is 3.20. The van der Waals surface area contributed by atoms with Gasteiger partial charge in [0.2, 0.25) is 5.91 Å². The van der Waals surface area contributed by atoms with E-state index in [9.17, 15) is 4.79 Å². The molecule has 0 spiro atoms. The molecule has 1 fully saturated rings. The van der Waals surface area contributed by atoms with Crippen molar-refractivity contribution in [2.24, 2.45) is 5.92 Å². The summed E-state index contributed by atoms with van der Waals surface area (Å²) in [6.45, 7) is 5.77. The second-order valence-corrected chi connectivity index (χ2v) is 10.7. The van der Waals surface area contributed by atoms with Crippen LogP contribution < -0.4 is 15.5 Å². The molecule has 2 atom stereocenters. The number of pyridine rings is 1. The number of carbonyl (C=O) groups is 1. The van der Waals surface area contributed by atoms with Crippen LogP contribution in [0.25, 0.3) is 5.69 Å². The van der Waals surface area contributed by atoms with Crippen molar-refractivity contribution in [3.05, 3.63) is 107 Å². The smallest absolute Gasteiger partial charge is 0.226 e.